The van der Waals surface area contributed by atoms with E-state index < -0.39 is 6.04 Å². The van der Waals surface area contributed by atoms with Crippen LogP contribution in [0.2, 0.25) is 0 Å². The lowest BCUT2D eigenvalue weighted by Crippen LogP contribution is -2.10. The van der Waals surface area contributed by atoms with Crippen molar-refractivity contribution in [1.82, 2.24) is 0 Å². The van der Waals surface area contributed by atoms with Crippen LogP contribution in [0.4, 0.5) is 0 Å². The van der Waals surface area contributed by atoms with Gasteiger partial charge in [0.1, 0.15) is 12.6 Å². The Morgan fingerprint density at radius 1 is 1.78 bits per heavy atom. The van der Waals surface area contributed by atoms with E-state index in [1.165, 1.54) is 6.92 Å². The van der Waals surface area contributed by atoms with Crippen LogP contribution in [0.1, 0.15) is 13.8 Å². The highest BCUT2D eigenvalue weighted by molar-refractivity contribution is 5.65. The maximum Gasteiger partial charge on any atom is 0.302 e. The Labute approximate surface area is 53.2 Å². The summed E-state index contributed by atoms with van der Waals surface area (Å²) in [5.74, 6) is -0.384. The van der Waals surface area contributed by atoms with Crippen molar-refractivity contribution in [2.24, 2.45) is 5.18 Å². The molecule has 0 aliphatic carbocycles. The van der Waals surface area contributed by atoms with E-state index in [2.05, 4.69) is 9.91 Å². The van der Waals surface area contributed by atoms with E-state index in [0.29, 0.717) is 0 Å². The summed E-state index contributed by atoms with van der Waals surface area (Å²) in [6.07, 6.45) is 0. The Balaban J connectivity index is 3.26. The standard InChI is InChI=1S/C5H9NO3/c1-4(6-8)3-9-5(2)7/h4H,3H2,1-2H3. The monoisotopic (exact) mass is 131 g/mol. The molecule has 0 aliphatic heterocycles. The van der Waals surface area contributed by atoms with Gasteiger partial charge in [-0.2, -0.15) is 4.91 Å². The summed E-state index contributed by atoms with van der Waals surface area (Å²) >= 11 is 0. The normalized spacial score (nSPS) is 12.2. The molecule has 0 N–H and O–H groups in total. The summed E-state index contributed by atoms with van der Waals surface area (Å²) in [4.78, 5) is 19.8. The molecule has 0 spiro atoms. The third-order valence-electron chi connectivity index (χ3n) is 0.708. The zero-order chi connectivity index (χ0) is 7.28. The number of carbonyl (C=O) groups excluding carboxylic acids is 1. The number of hydrogen-bond acceptors (Lipinski definition) is 4. The SMILES string of the molecule is CC(=O)OCC(C)N=O. The molecule has 52 valence electrons. The summed E-state index contributed by atoms with van der Waals surface area (Å²) in [6, 6.07) is -0.436. The molecular weight excluding hydrogens is 122 g/mol. The van der Waals surface area contributed by atoms with Crippen molar-refractivity contribution in [2.75, 3.05) is 6.61 Å². The second-order valence-electron chi connectivity index (χ2n) is 1.76. The lowest BCUT2D eigenvalue weighted by atomic mass is 10.4. The fraction of sp³-hybridized carbons (Fsp3) is 0.800. The van der Waals surface area contributed by atoms with E-state index in [1.807, 2.05) is 0 Å². The van der Waals surface area contributed by atoms with Crippen LogP contribution in [0, 0.1) is 4.91 Å². The van der Waals surface area contributed by atoms with Crippen molar-refractivity contribution in [2.45, 2.75) is 19.9 Å². The summed E-state index contributed by atoms with van der Waals surface area (Å²) in [6.45, 7) is 2.95. The minimum Gasteiger partial charge on any atom is -0.463 e. The summed E-state index contributed by atoms with van der Waals surface area (Å²) < 4.78 is 4.46. The molecule has 0 bridgehead atoms. The lowest BCUT2D eigenvalue weighted by molar-refractivity contribution is -0.141. The Hall–Kier alpha value is -0.930. The van der Waals surface area contributed by atoms with Gasteiger partial charge in [0.2, 0.25) is 0 Å². The average molecular weight is 131 g/mol. The minimum absolute atomic E-state index is 0.0822. The maximum absolute atomic E-state index is 10.1. The van der Waals surface area contributed by atoms with E-state index in [9.17, 15) is 9.70 Å². The highest BCUT2D eigenvalue weighted by atomic mass is 16.5. The molecule has 0 saturated carbocycles. The third-order valence-corrected chi connectivity index (χ3v) is 0.708. The smallest absolute Gasteiger partial charge is 0.302 e. The largest absolute Gasteiger partial charge is 0.463 e. The van der Waals surface area contributed by atoms with Crippen molar-refractivity contribution < 1.29 is 9.53 Å². The number of nitrogens with zero attached hydrogens (tertiary/aromatic N) is 1. The zero-order valence-corrected chi connectivity index (χ0v) is 5.46. The Bertz CT molecular complexity index is 113. The van der Waals surface area contributed by atoms with E-state index in [0.717, 1.165) is 0 Å². The fourth-order valence-electron chi connectivity index (χ4n) is 0.268. The van der Waals surface area contributed by atoms with Crippen LogP contribution in [0.3, 0.4) is 0 Å². The van der Waals surface area contributed by atoms with Crippen LogP contribution in [0.5, 0.6) is 0 Å². The van der Waals surface area contributed by atoms with Crippen LogP contribution in [0.15, 0.2) is 5.18 Å². The van der Waals surface area contributed by atoms with Crippen molar-refractivity contribution in [1.29, 1.82) is 0 Å². The maximum atomic E-state index is 10.1. The third kappa shape index (κ3) is 4.93. The number of esters is 1. The lowest BCUT2D eigenvalue weighted by Gasteiger charge is -2.00. The van der Waals surface area contributed by atoms with Gasteiger partial charge in [0.05, 0.1) is 0 Å². The van der Waals surface area contributed by atoms with Gasteiger partial charge in [-0.3, -0.25) is 4.79 Å². The molecule has 0 saturated heterocycles. The van der Waals surface area contributed by atoms with Crippen LogP contribution in [0.25, 0.3) is 0 Å². The number of nitroso groups, excluding NO2 is 1. The first-order chi connectivity index (χ1) is 4.16. The molecule has 4 nitrogen and oxygen atoms in total. The quantitative estimate of drug-likeness (QED) is 0.418. The topological polar surface area (TPSA) is 55.7 Å². The molecule has 0 aliphatic rings. The van der Waals surface area contributed by atoms with Gasteiger partial charge in [-0.25, -0.2) is 0 Å². The molecule has 4 heteroatoms. The van der Waals surface area contributed by atoms with Gasteiger partial charge < -0.3 is 4.74 Å². The minimum atomic E-state index is -0.436. The van der Waals surface area contributed by atoms with Gasteiger partial charge in [-0.05, 0) is 6.92 Å². The number of carbonyl (C=O) groups is 1. The molecule has 0 heterocycles. The van der Waals surface area contributed by atoms with E-state index in [4.69, 9.17) is 0 Å². The van der Waals surface area contributed by atoms with Crippen LogP contribution >= 0.6 is 0 Å². The first kappa shape index (κ1) is 8.07. The van der Waals surface area contributed by atoms with Gasteiger partial charge in [0.15, 0.2) is 0 Å². The molecule has 0 amide bonds. The van der Waals surface area contributed by atoms with Gasteiger partial charge in [0, 0.05) is 6.92 Å². The fourth-order valence-corrected chi connectivity index (χ4v) is 0.268. The van der Waals surface area contributed by atoms with Crippen molar-refractivity contribution in [3.8, 4) is 0 Å². The number of ether oxygens (including phenoxy) is 1. The van der Waals surface area contributed by atoms with E-state index in [-0.39, 0.29) is 12.6 Å². The summed E-state index contributed by atoms with van der Waals surface area (Å²) in [7, 11) is 0. The van der Waals surface area contributed by atoms with Crippen LogP contribution < -0.4 is 0 Å². The number of hydrogen-bond donors (Lipinski definition) is 0. The molecule has 0 radical (unpaired) electrons. The van der Waals surface area contributed by atoms with E-state index in [1.54, 1.807) is 6.92 Å². The zero-order valence-electron chi connectivity index (χ0n) is 5.46. The van der Waals surface area contributed by atoms with Gasteiger partial charge in [-0.1, -0.05) is 5.18 Å². The Kier molecular flexibility index (Phi) is 3.59. The van der Waals surface area contributed by atoms with Gasteiger partial charge in [-0.15, -0.1) is 0 Å². The van der Waals surface area contributed by atoms with Crippen LogP contribution in [-0.2, 0) is 9.53 Å². The van der Waals surface area contributed by atoms with Crippen LogP contribution in [-0.4, -0.2) is 18.6 Å². The summed E-state index contributed by atoms with van der Waals surface area (Å²) in [5, 5.41) is 2.63. The molecule has 1 atom stereocenters. The summed E-state index contributed by atoms with van der Waals surface area (Å²) in [5.41, 5.74) is 0. The van der Waals surface area contributed by atoms with Crippen molar-refractivity contribution >= 4 is 5.97 Å². The molecule has 9 heavy (non-hydrogen) atoms. The average Bonchev–Trinajstić information content (AvgIpc) is 1.83. The predicted molar refractivity (Wildman–Crippen MR) is 31.9 cm³/mol. The Morgan fingerprint density at radius 2 is 2.33 bits per heavy atom. The molecule has 0 aromatic rings. The molecule has 0 rings (SSSR count). The first-order valence-corrected chi connectivity index (χ1v) is 2.62. The molecular formula is C5H9NO3. The number of rotatable bonds is 3. The van der Waals surface area contributed by atoms with Gasteiger partial charge >= 0.3 is 5.97 Å². The predicted octanol–water partition coefficient (Wildman–Crippen LogP) is 0.704. The highest BCUT2D eigenvalue weighted by Crippen LogP contribution is 1.88. The van der Waals surface area contributed by atoms with Crippen molar-refractivity contribution in [3.63, 3.8) is 0 Å². The molecule has 1 unspecified atom stereocenters. The molecule has 0 aromatic heterocycles. The molecule has 0 aromatic carbocycles. The second kappa shape index (κ2) is 4.00. The second-order valence-corrected chi connectivity index (χ2v) is 1.76. The van der Waals surface area contributed by atoms with E-state index >= 15 is 0 Å². The van der Waals surface area contributed by atoms with Gasteiger partial charge in [0.25, 0.3) is 0 Å². The first-order valence-electron chi connectivity index (χ1n) is 2.62. The highest BCUT2D eigenvalue weighted by Gasteiger charge is 2.01. The molecule has 0 fully saturated rings. The van der Waals surface area contributed by atoms with Crippen molar-refractivity contribution in [3.05, 3.63) is 4.91 Å². The Morgan fingerprint density at radius 3 is 2.67 bits per heavy atom.